The van der Waals surface area contributed by atoms with Crippen molar-refractivity contribution in [1.82, 2.24) is 25.6 Å². The zero-order valence-electron chi connectivity index (χ0n) is 23.7. The van der Waals surface area contributed by atoms with Crippen LogP contribution in [-0.4, -0.2) is 53.8 Å². The third-order valence-electron chi connectivity index (χ3n) is 7.61. The molecule has 0 atom stereocenters. The molecule has 1 aromatic heterocycles. The molecule has 10 nitrogen and oxygen atoms in total. The summed E-state index contributed by atoms with van der Waals surface area (Å²) >= 11 is 0. The monoisotopic (exact) mass is 529 g/mol. The Bertz CT molecular complexity index is 1410. The fourth-order valence-corrected chi connectivity index (χ4v) is 4.86. The van der Waals surface area contributed by atoms with E-state index in [1.165, 1.54) is 0 Å². The minimum Gasteiger partial charge on any atom is -0.369 e. The number of amides is 1. The molecule has 1 fully saturated rings. The molecule has 5 N–H and O–H groups in total. The summed E-state index contributed by atoms with van der Waals surface area (Å²) in [5.74, 6) is -0.174. The number of likely N-dealkylation sites (N-methyl/N-ethyl adjacent to an activating group) is 1. The highest BCUT2D eigenvalue weighted by Crippen LogP contribution is 2.30. The topological polar surface area (TPSA) is 107 Å². The molecule has 3 aromatic rings. The molecule has 206 valence electrons. The number of benzene rings is 2. The van der Waals surface area contributed by atoms with Crippen molar-refractivity contribution < 1.29 is 4.79 Å². The molecule has 5 rings (SSSR count). The predicted octanol–water partition coefficient (Wildman–Crippen LogP) is 3.06. The van der Waals surface area contributed by atoms with Crippen molar-refractivity contribution in [2.45, 2.75) is 33.2 Å². The second-order valence-electron chi connectivity index (χ2n) is 11.2. The first-order valence-electron chi connectivity index (χ1n) is 13.3. The van der Waals surface area contributed by atoms with Crippen LogP contribution in [-0.2, 0) is 12.6 Å². The third-order valence-corrected chi connectivity index (χ3v) is 7.61. The summed E-state index contributed by atoms with van der Waals surface area (Å²) in [5.41, 5.74) is 20.6. The molecular formula is C29H39N9O. The molecule has 0 aliphatic carbocycles. The standard InChI is InChI=1S/C29H39N9O/c1-19-7-8-21(13-27(19)38-18-26(33-34-38)25-17-31-36(6)20(25)2)28(39)32-23-14-22(29(3,4)30)15-24(16-23)37-11-9-35(5)10-12-37/h7-8,13-18,33-34H,9-12,30H2,1-6H3,(H,32,39). The van der Waals surface area contributed by atoms with Gasteiger partial charge < -0.3 is 26.3 Å². The Morgan fingerprint density at radius 1 is 1.05 bits per heavy atom. The average molecular weight is 530 g/mol. The van der Waals surface area contributed by atoms with Gasteiger partial charge in [0, 0.05) is 73.2 Å². The molecule has 0 saturated carbocycles. The van der Waals surface area contributed by atoms with E-state index in [-0.39, 0.29) is 5.91 Å². The SMILES string of the molecule is Cc1ccc(C(=O)Nc2cc(N3CCN(C)CC3)cc(C(C)(C)N)c2)cc1N1C=C(c2cnn(C)c2C)NN1. The van der Waals surface area contributed by atoms with Gasteiger partial charge in [-0.25, -0.2) is 0 Å². The molecule has 0 bridgehead atoms. The Morgan fingerprint density at radius 2 is 1.79 bits per heavy atom. The number of hydrazine groups is 2. The number of hydrogen-bond donors (Lipinski definition) is 4. The number of piperazine rings is 1. The molecule has 0 unspecified atom stereocenters. The number of hydrogen-bond acceptors (Lipinski definition) is 8. The van der Waals surface area contributed by atoms with Gasteiger partial charge >= 0.3 is 0 Å². The minimum atomic E-state index is -0.538. The van der Waals surface area contributed by atoms with Gasteiger partial charge in [-0.15, -0.1) is 5.53 Å². The van der Waals surface area contributed by atoms with Gasteiger partial charge in [-0.2, -0.15) is 5.10 Å². The number of aromatic nitrogens is 2. The summed E-state index contributed by atoms with van der Waals surface area (Å²) in [4.78, 5) is 18.2. The van der Waals surface area contributed by atoms with Gasteiger partial charge in [-0.05, 0) is 76.2 Å². The second kappa shape index (κ2) is 10.4. The van der Waals surface area contributed by atoms with E-state index in [0.29, 0.717) is 5.56 Å². The fraction of sp³-hybridized carbons (Fsp3) is 0.379. The number of carbonyl (C=O) groups is 1. The van der Waals surface area contributed by atoms with E-state index in [2.05, 4.69) is 44.3 Å². The van der Waals surface area contributed by atoms with Crippen LogP contribution in [0, 0.1) is 13.8 Å². The molecule has 2 aromatic carbocycles. The van der Waals surface area contributed by atoms with Crippen LogP contribution < -0.4 is 31.9 Å². The first kappa shape index (κ1) is 26.7. The third kappa shape index (κ3) is 5.63. The van der Waals surface area contributed by atoms with Crippen molar-refractivity contribution in [2.24, 2.45) is 12.8 Å². The number of anilines is 3. The van der Waals surface area contributed by atoms with Crippen molar-refractivity contribution in [3.63, 3.8) is 0 Å². The van der Waals surface area contributed by atoms with Crippen LogP contribution in [0.4, 0.5) is 17.1 Å². The summed E-state index contributed by atoms with van der Waals surface area (Å²) < 4.78 is 1.84. The van der Waals surface area contributed by atoms with Gasteiger partial charge in [0.2, 0.25) is 0 Å². The molecular weight excluding hydrogens is 490 g/mol. The van der Waals surface area contributed by atoms with E-state index in [0.717, 1.165) is 71.3 Å². The van der Waals surface area contributed by atoms with Crippen molar-refractivity contribution >= 4 is 28.7 Å². The molecule has 2 aliphatic rings. The summed E-state index contributed by atoms with van der Waals surface area (Å²) in [5, 5.41) is 9.35. The van der Waals surface area contributed by atoms with Crippen LogP contribution >= 0.6 is 0 Å². The minimum absolute atomic E-state index is 0.174. The molecule has 39 heavy (non-hydrogen) atoms. The number of nitrogens with one attached hydrogen (secondary N) is 3. The first-order valence-corrected chi connectivity index (χ1v) is 13.3. The highest BCUT2D eigenvalue weighted by Gasteiger charge is 2.22. The predicted molar refractivity (Wildman–Crippen MR) is 157 cm³/mol. The van der Waals surface area contributed by atoms with E-state index >= 15 is 0 Å². The Labute approximate surface area is 230 Å². The first-order chi connectivity index (χ1) is 18.5. The van der Waals surface area contributed by atoms with Crippen LogP contribution in [0.2, 0.25) is 0 Å². The van der Waals surface area contributed by atoms with E-state index in [4.69, 9.17) is 5.73 Å². The second-order valence-corrected chi connectivity index (χ2v) is 11.2. The highest BCUT2D eigenvalue weighted by atomic mass is 16.1. The summed E-state index contributed by atoms with van der Waals surface area (Å²) in [6.45, 7) is 11.9. The van der Waals surface area contributed by atoms with Gasteiger partial charge in [0.05, 0.1) is 17.6 Å². The lowest BCUT2D eigenvalue weighted by atomic mass is 9.94. The van der Waals surface area contributed by atoms with Gasteiger partial charge in [0.25, 0.3) is 5.91 Å². The molecule has 0 spiro atoms. The molecule has 3 heterocycles. The smallest absolute Gasteiger partial charge is 0.255 e. The normalized spacial score (nSPS) is 16.3. The maximum atomic E-state index is 13.5. The summed E-state index contributed by atoms with van der Waals surface area (Å²) in [7, 11) is 4.06. The van der Waals surface area contributed by atoms with E-state index in [9.17, 15) is 4.79 Å². The Kier molecular flexibility index (Phi) is 7.11. The average Bonchev–Trinajstić information content (AvgIpc) is 3.50. The molecule has 2 aliphatic heterocycles. The molecule has 0 radical (unpaired) electrons. The van der Waals surface area contributed by atoms with E-state index in [1.807, 2.05) is 87.2 Å². The van der Waals surface area contributed by atoms with Crippen LogP contribution in [0.3, 0.4) is 0 Å². The lowest BCUT2D eigenvalue weighted by Gasteiger charge is -2.35. The lowest BCUT2D eigenvalue weighted by molar-refractivity contribution is 0.102. The zero-order valence-corrected chi connectivity index (χ0v) is 23.7. The Balaban J connectivity index is 1.39. The van der Waals surface area contributed by atoms with Crippen LogP contribution in [0.1, 0.15) is 46.6 Å². The number of rotatable bonds is 6. The van der Waals surface area contributed by atoms with E-state index < -0.39 is 5.54 Å². The number of nitrogens with zero attached hydrogens (tertiary/aromatic N) is 5. The van der Waals surface area contributed by atoms with Gasteiger partial charge in [0.1, 0.15) is 0 Å². The number of nitrogens with two attached hydrogens (primary N) is 1. The summed E-state index contributed by atoms with van der Waals surface area (Å²) in [6, 6.07) is 11.9. The maximum Gasteiger partial charge on any atom is 0.255 e. The maximum absolute atomic E-state index is 13.5. The Morgan fingerprint density at radius 3 is 2.46 bits per heavy atom. The molecule has 1 amide bonds. The zero-order chi connectivity index (χ0) is 27.9. The number of aryl methyl sites for hydroxylation is 2. The van der Waals surface area contributed by atoms with Crippen molar-refractivity contribution in [3.05, 3.63) is 76.7 Å². The van der Waals surface area contributed by atoms with Gasteiger partial charge in [-0.1, -0.05) is 6.07 Å². The van der Waals surface area contributed by atoms with Crippen molar-refractivity contribution in [3.8, 4) is 0 Å². The van der Waals surface area contributed by atoms with E-state index in [1.54, 1.807) is 0 Å². The van der Waals surface area contributed by atoms with Crippen LogP contribution in [0.15, 0.2) is 48.8 Å². The van der Waals surface area contributed by atoms with Crippen molar-refractivity contribution in [2.75, 3.05) is 48.5 Å². The van der Waals surface area contributed by atoms with Gasteiger partial charge in [-0.3, -0.25) is 14.5 Å². The highest BCUT2D eigenvalue weighted by molar-refractivity contribution is 6.05. The van der Waals surface area contributed by atoms with Gasteiger partial charge in [0.15, 0.2) is 0 Å². The van der Waals surface area contributed by atoms with Crippen molar-refractivity contribution in [1.29, 1.82) is 0 Å². The largest absolute Gasteiger partial charge is 0.369 e. The molecule has 10 heteroatoms. The lowest BCUT2D eigenvalue weighted by Crippen LogP contribution is -2.44. The van der Waals surface area contributed by atoms with Crippen LogP contribution in [0.25, 0.3) is 5.70 Å². The number of carbonyl (C=O) groups excluding carboxylic acids is 1. The molecule has 1 saturated heterocycles. The Hall–Kier alpha value is -3.86. The summed E-state index contributed by atoms with van der Waals surface area (Å²) in [6.07, 6.45) is 3.81. The van der Waals surface area contributed by atoms with Crippen LogP contribution in [0.5, 0.6) is 0 Å². The quantitative estimate of drug-likeness (QED) is 0.386. The fourth-order valence-electron chi connectivity index (χ4n) is 4.86.